The Bertz CT molecular complexity index is 906. The predicted molar refractivity (Wildman–Crippen MR) is 113 cm³/mol. The third kappa shape index (κ3) is 5.48. The molecule has 3 N–H and O–H groups in total. The van der Waals surface area contributed by atoms with Gasteiger partial charge in [0.05, 0.1) is 6.21 Å². The Balaban J connectivity index is 1.51. The maximum atomic E-state index is 5.87. The van der Waals surface area contributed by atoms with Gasteiger partial charge in [-0.2, -0.15) is 5.10 Å². The van der Waals surface area contributed by atoms with Gasteiger partial charge in [-0.25, -0.2) is 0 Å². The molecule has 0 atom stereocenters. The van der Waals surface area contributed by atoms with Gasteiger partial charge in [0.2, 0.25) is 5.13 Å². The van der Waals surface area contributed by atoms with Gasteiger partial charge in [-0.1, -0.05) is 40.6 Å². The first-order chi connectivity index (χ1) is 12.6. The van der Waals surface area contributed by atoms with Gasteiger partial charge in [0.15, 0.2) is 10.1 Å². The lowest BCUT2D eigenvalue weighted by Crippen LogP contribution is -2.23. The van der Waals surface area contributed by atoms with E-state index in [2.05, 4.69) is 31.4 Å². The van der Waals surface area contributed by atoms with Crippen LogP contribution in [0.25, 0.3) is 0 Å². The zero-order valence-electron chi connectivity index (χ0n) is 13.7. The molecule has 0 aliphatic heterocycles. The van der Waals surface area contributed by atoms with Gasteiger partial charge in [-0.3, -0.25) is 5.43 Å². The van der Waals surface area contributed by atoms with Crippen LogP contribution in [0.15, 0.2) is 53.6 Å². The summed E-state index contributed by atoms with van der Waals surface area (Å²) < 4.78 is 0. The third-order valence-electron chi connectivity index (χ3n) is 3.19. The van der Waals surface area contributed by atoms with Crippen molar-refractivity contribution < 1.29 is 0 Å². The molecule has 0 unspecified atom stereocenters. The summed E-state index contributed by atoms with van der Waals surface area (Å²) in [5.41, 5.74) is 5.72. The summed E-state index contributed by atoms with van der Waals surface area (Å²) in [6, 6.07) is 15.3. The van der Waals surface area contributed by atoms with Crippen molar-refractivity contribution in [2.75, 3.05) is 10.6 Å². The van der Waals surface area contributed by atoms with Crippen molar-refractivity contribution in [3.63, 3.8) is 0 Å². The number of hydrogen-bond acceptors (Lipinski definition) is 6. The largest absolute Gasteiger partial charge is 0.331 e. The quantitative estimate of drug-likeness (QED) is 0.330. The first-order valence-electron chi connectivity index (χ1n) is 7.61. The van der Waals surface area contributed by atoms with Crippen LogP contribution in [0.5, 0.6) is 0 Å². The molecule has 9 heteroatoms. The van der Waals surface area contributed by atoms with E-state index < -0.39 is 0 Å². The van der Waals surface area contributed by atoms with Gasteiger partial charge in [0.1, 0.15) is 0 Å². The number of nitrogens with one attached hydrogen (secondary N) is 3. The Morgan fingerprint density at radius 2 is 1.77 bits per heavy atom. The SMILES string of the molecule is Cc1ccc(NC(=S)NN=Cc2nnc(Nc3ccc(Cl)cc3)s2)cc1. The molecule has 0 saturated carbocycles. The fourth-order valence-electron chi connectivity index (χ4n) is 1.94. The summed E-state index contributed by atoms with van der Waals surface area (Å²) in [7, 11) is 0. The number of rotatable bonds is 5. The first kappa shape index (κ1) is 18.2. The summed E-state index contributed by atoms with van der Waals surface area (Å²) in [6.07, 6.45) is 1.56. The Kier molecular flexibility index (Phi) is 6.11. The average Bonchev–Trinajstić information content (AvgIpc) is 3.06. The topological polar surface area (TPSA) is 74.2 Å². The minimum Gasteiger partial charge on any atom is -0.331 e. The van der Waals surface area contributed by atoms with Gasteiger partial charge in [0, 0.05) is 16.4 Å². The van der Waals surface area contributed by atoms with Gasteiger partial charge in [0.25, 0.3) is 0 Å². The molecule has 1 heterocycles. The van der Waals surface area contributed by atoms with Crippen LogP contribution in [0.2, 0.25) is 5.02 Å². The zero-order valence-corrected chi connectivity index (χ0v) is 16.1. The van der Waals surface area contributed by atoms with Gasteiger partial charge >= 0.3 is 0 Å². The Hall–Kier alpha value is -2.55. The third-order valence-corrected chi connectivity index (χ3v) is 4.41. The van der Waals surface area contributed by atoms with Crippen molar-refractivity contribution in [1.82, 2.24) is 15.6 Å². The van der Waals surface area contributed by atoms with E-state index in [9.17, 15) is 0 Å². The van der Waals surface area contributed by atoms with Crippen LogP contribution in [-0.2, 0) is 0 Å². The van der Waals surface area contributed by atoms with Gasteiger partial charge < -0.3 is 10.6 Å². The number of hydrazone groups is 1. The smallest absolute Gasteiger partial charge is 0.210 e. The molecule has 0 radical (unpaired) electrons. The molecule has 132 valence electrons. The van der Waals surface area contributed by atoms with E-state index in [4.69, 9.17) is 23.8 Å². The number of hydrogen-bond donors (Lipinski definition) is 3. The average molecular weight is 403 g/mol. The highest BCUT2D eigenvalue weighted by Gasteiger charge is 2.03. The summed E-state index contributed by atoms with van der Waals surface area (Å²) in [6.45, 7) is 2.03. The van der Waals surface area contributed by atoms with Crippen LogP contribution in [0.1, 0.15) is 10.6 Å². The number of anilines is 3. The van der Waals surface area contributed by atoms with E-state index in [1.807, 2.05) is 43.3 Å². The lowest BCUT2D eigenvalue weighted by molar-refractivity contribution is 1.04. The van der Waals surface area contributed by atoms with Crippen LogP contribution in [0, 0.1) is 6.92 Å². The Morgan fingerprint density at radius 3 is 2.50 bits per heavy atom. The standard InChI is InChI=1S/C17H15ClN6S2/c1-11-2-6-13(7-3-11)20-16(25)23-19-10-15-22-24-17(26-15)21-14-8-4-12(18)5-9-14/h2-10H,1H3,(H,21,24)(H2,20,23,25). The lowest BCUT2D eigenvalue weighted by Gasteiger charge is -2.06. The van der Waals surface area contributed by atoms with Crippen molar-refractivity contribution in [2.24, 2.45) is 5.10 Å². The first-order valence-corrected chi connectivity index (χ1v) is 9.21. The second-order valence-corrected chi connectivity index (χ2v) is 7.12. The maximum absolute atomic E-state index is 5.87. The van der Waals surface area contributed by atoms with E-state index in [0.717, 1.165) is 11.4 Å². The fraction of sp³-hybridized carbons (Fsp3) is 0.0588. The van der Waals surface area contributed by atoms with Crippen LogP contribution in [0.3, 0.4) is 0 Å². The molecule has 0 spiro atoms. The van der Waals surface area contributed by atoms with Crippen molar-refractivity contribution in [3.05, 3.63) is 64.1 Å². The number of nitrogens with zero attached hydrogens (tertiary/aromatic N) is 3. The van der Waals surface area contributed by atoms with Crippen molar-refractivity contribution in [3.8, 4) is 0 Å². The van der Waals surface area contributed by atoms with E-state index in [1.54, 1.807) is 18.3 Å². The Labute approximate surface area is 165 Å². The van der Waals surface area contributed by atoms with Crippen LogP contribution >= 0.6 is 35.2 Å². The highest BCUT2D eigenvalue weighted by atomic mass is 35.5. The normalized spacial score (nSPS) is 10.7. The molecule has 0 bridgehead atoms. The van der Waals surface area contributed by atoms with Crippen molar-refractivity contribution in [2.45, 2.75) is 6.92 Å². The molecular formula is C17H15ClN6S2. The molecule has 0 fully saturated rings. The van der Waals surface area contributed by atoms with Crippen LogP contribution < -0.4 is 16.1 Å². The molecule has 0 aliphatic rings. The predicted octanol–water partition coefficient (Wildman–Crippen LogP) is 4.56. The van der Waals surface area contributed by atoms with Crippen molar-refractivity contribution in [1.29, 1.82) is 0 Å². The molecular weight excluding hydrogens is 388 g/mol. The highest BCUT2D eigenvalue weighted by molar-refractivity contribution is 7.80. The summed E-state index contributed by atoms with van der Waals surface area (Å²) in [5.74, 6) is 0. The minimum atomic E-state index is 0.397. The molecule has 26 heavy (non-hydrogen) atoms. The molecule has 0 amide bonds. The van der Waals surface area contributed by atoms with Crippen molar-refractivity contribution >= 4 is 63.0 Å². The van der Waals surface area contributed by atoms with Gasteiger partial charge in [-0.05, 0) is 55.5 Å². The molecule has 3 rings (SSSR count). The minimum absolute atomic E-state index is 0.397. The summed E-state index contributed by atoms with van der Waals surface area (Å²) in [4.78, 5) is 0. The van der Waals surface area contributed by atoms with E-state index in [0.29, 0.717) is 20.3 Å². The lowest BCUT2D eigenvalue weighted by atomic mass is 10.2. The number of benzene rings is 2. The highest BCUT2D eigenvalue weighted by Crippen LogP contribution is 2.21. The molecule has 0 aliphatic carbocycles. The zero-order chi connectivity index (χ0) is 18.4. The summed E-state index contributed by atoms with van der Waals surface area (Å²) >= 11 is 12.4. The maximum Gasteiger partial charge on any atom is 0.210 e. The number of aryl methyl sites for hydroxylation is 1. The summed E-state index contributed by atoms with van der Waals surface area (Å²) in [5, 5.41) is 20.8. The number of thiocarbonyl (C=S) groups is 1. The van der Waals surface area contributed by atoms with Gasteiger partial charge in [-0.15, -0.1) is 10.2 Å². The molecule has 2 aromatic carbocycles. The Morgan fingerprint density at radius 1 is 1.08 bits per heavy atom. The van der Waals surface area contributed by atoms with E-state index >= 15 is 0 Å². The second kappa shape index (κ2) is 8.70. The molecule has 0 saturated heterocycles. The van der Waals surface area contributed by atoms with Crippen LogP contribution in [0.4, 0.5) is 16.5 Å². The monoisotopic (exact) mass is 402 g/mol. The number of halogens is 1. The van der Waals surface area contributed by atoms with E-state index in [1.165, 1.54) is 16.9 Å². The second-order valence-electron chi connectivity index (χ2n) is 5.27. The molecule has 1 aromatic heterocycles. The molecule has 3 aromatic rings. The number of aromatic nitrogens is 2. The molecule has 6 nitrogen and oxygen atoms in total. The van der Waals surface area contributed by atoms with Crippen LogP contribution in [-0.4, -0.2) is 21.5 Å². The fourth-order valence-corrected chi connectivity index (χ4v) is 2.87. The van der Waals surface area contributed by atoms with E-state index in [-0.39, 0.29) is 0 Å².